The van der Waals surface area contributed by atoms with Crippen molar-refractivity contribution in [2.45, 2.75) is 58.7 Å². The monoisotopic (exact) mass is 340 g/mol. The number of carbonyl (C=O) groups is 1. The first-order chi connectivity index (χ1) is 12.1. The number of hydrogen-bond donors (Lipinski definition) is 1. The normalized spacial score (nSPS) is 18.2. The zero-order valence-corrected chi connectivity index (χ0v) is 15.2. The standard InChI is InChI=1S/C20H28N4O/c1-16-13-21-24(14-16)12-10-20(25)22-19-8-6-18(7-9-19)15-23-11-4-3-5-17(23)2/h6-9,13-14,17H,3-5,10-12,15H2,1-2H3,(H,22,25). The van der Waals surface area contributed by atoms with Gasteiger partial charge in [-0.2, -0.15) is 5.10 Å². The molecule has 1 atom stereocenters. The molecular weight excluding hydrogens is 312 g/mol. The molecule has 5 heteroatoms. The van der Waals surface area contributed by atoms with Crippen molar-refractivity contribution in [1.82, 2.24) is 14.7 Å². The minimum absolute atomic E-state index is 0.0190. The SMILES string of the molecule is Cc1cnn(CCC(=O)Nc2ccc(CN3CCCCC3C)cc2)c1. The van der Waals surface area contributed by atoms with E-state index < -0.39 is 0 Å². The Labute approximate surface area is 150 Å². The van der Waals surface area contributed by atoms with Gasteiger partial charge in [0.25, 0.3) is 0 Å². The fourth-order valence-corrected chi connectivity index (χ4v) is 3.35. The van der Waals surface area contributed by atoms with Crippen molar-refractivity contribution in [2.75, 3.05) is 11.9 Å². The minimum atomic E-state index is 0.0190. The fraction of sp³-hybridized carbons (Fsp3) is 0.500. The van der Waals surface area contributed by atoms with Gasteiger partial charge in [-0.15, -0.1) is 0 Å². The molecule has 2 aromatic rings. The number of carbonyl (C=O) groups excluding carboxylic acids is 1. The first kappa shape index (κ1) is 17.7. The lowest BCUT2D eigenvalue weighted by molar-refractivity contribution is -0.116. The summed E-state index contributed by atoms with van der Waals surface area (Å²) in [6, 6.07) is 8.90. The van der Waals surface area contributed by atoms with Crippen molar-refractivity contribution in [3.05, 3.63) is 47.8 Å². The summed E-state index contributed by atoms with van der Waals surface area (Å²) in [4.78, 5) is 14.6. The third kappa shape index (κ3) is 5.16. The number of nitrogens with zero attached hydrogens (tertiary/aromatic N) is 3. The molecule has 1 saturated heterocycles. The van der Waals surface area contributed by atoms with E-state index in [-0.39, 0.29) is 5.91 Å². The van der Waals surface area contributed by atoms with Crippen LogP contribution >= 0.6 is 0 Å². The molecule has 1 unspecified atom stereocenters. The summed E-state index contributed by atoms with van der Waals surface area (Å²) in [6.07, 6.45) is 8.12. The Morgan fingerprint density at radius 3 is 2.76 bits per heavy atom. The predicted octanol–water partition coefficient (Wildman–Crippen LogP) is 3.59. The van der Waals surface area contributed by atoms with Crippen molar-refractivity contribution < 1.29 is 4.79 Å². The molecule has 1 amide bonds. The topological polar surface area (TPSA) is 50.2 Å². The van der Waals surface area contributed by atoms with E-state index in [1.54, 1.807) is 10.9 Å². The maximum absolute atomic E-state index is 12.1. The Balaban J connectivity index is 1.47. The Morgan fingerprint density at radius 2 is 2.08 bits per heavy atom. The summed E-state index contributed by atoms with van der Waals surface area (Å²) in [6.45, 7) is 7.09. The van der Waals surface area contributed by atoms with Gasteiger partial charge in [-0.05, 0) is 56.5 Å². The lowest BCUT2D eigenvalue weighted by Gasteiger charge is -2.33. The average molecular weight is 340 g/mol. The molecule has 0 saturated carbocycles. The molecule has 3 rings (SSSR count). The van der Waals surface area contributed by atoms with Crippen LogP contribution in [0.1, 0.15) is 43.7 Å². The highest BCUT2D eigenvalue weighted by atomic mass is 16.1. The van der Waals surface area contributed by atoms with E-state index in [0.717, 1.165) is 17.8 Å². The molecule has 134 valence electrons. The van der Waals surface area contributed by atoms with Crippen LogP contribution in [-0.2, 0) is 17.9 Å². The molecule has 1 aliphatic heterocycles. The number of likely N-dealkylation sites (tertiary alicyclic amines) is 1. The third-order valence-corrected chi connectivity index (χ3v) is 4.89. The van der Waals surface area contributed by atoms with Crippen LogP contribution in [0.25, 0.3) is 0 Å². The molecule has 0 radical (unpaired) electrons. The van der Waals surface area contributed by atoms with Crippen LogP contribution in [0.15, 0.2) is 36.7 Å². The van der Waals surface area contributed by atoms with Gasteiger partial charge in [-0.25, -0.2) is 0 Å². The number of rotatable bonds is 6. The molecule has 2 heterocycles. The van der Waals surface area contributed by atoms with Gasteiger partial charge in [0.1, 0.15) is 0 Å². The van der Waals surface area contributed by atoms with Gasteiger partial charge < -0.3 is 5.32 Å². The molecule has 1 aliphatic rings. The Bertz CT molecular complexity index is 692. The predicted molar refractivity (Wildman–Crippen MR) is 100 cm³/mol. The van der Waals surface area contributed by atoms with E-state index in [4.69, 9.17) is 0 Å². The smallest absolute Gasteiger partial charge is 0.226 e. The summed E-state index contributed by atoms with van der Waals surface area (Å²) in [5.74, 6) is 0.0190. The van der Waals surface area contributed by atoms with E-state index in [2.05, 4.69) is 34.4 Å². The summed E-state index contributed by atoms with van der Waals surface area (Å²) < 4.78 is 1.80. The second-order valence-electron chi connectivity index (χ2n) is 7.09. The van der Waals surface area contributed by atoms with Gasteiger partial charge in [-0.3, -0.25) is 14.4 Å². The Kier molecular flexibility index (Phi) is 5.87. The molecule has 25 heavy (non-hydrogen) atoms. The zero-order chi connectivity index (χ0) is 17.6. The molecular formula is C20H28N4O. The first-order valence-corrected chi connectivity index (χ1v) is 9.22. The van der Waals surface area contributed by atoms with Gasteiger partial charge in [0.05, 0.1) is 6.20 Å². The van der Waals surface area contributed by atoms with Crippen LogP contribution < -0.4 is 5.32 Å². The van der Waals surface area contributed by atoms with E-state index in [9.17, 15) is 4.79 Å². The van der Waals surface area contributed by atoms with Crippen LogP contribution in [0, 0.1) is 6.92 Å². The zero-order valence-electron chi connectivity index (χ0n) is 15.2. The van der Waals surface area contributed by atoms with Gasteiger partial charge >= 0.3 is 0 Å². The number of amides is 1. The fourth-order valence-electron chi connectivity index (χ4n) is 3.35. The van der Waals surface area contributed by atoms with Gasteiger partial charge in [0.2, 0.25) is 5.91 Å². The van der Waals surface area contributed by atoms with Crippen LogP contribution in [0.5, 0.6) is 0 Å². The lowest BCUT2D eigenvalue weighted by atomic mass is 10.0. The molecule has 1 aromatic heterocycles. The second-order valence-corrected chi connectivity index (χ2v) is 7.09. The summed E-state index contributed by atoms with van der Waals surface area (Å²) >= 11 is 0. The molecule has 1 N–H and O–H groups in total. The van der Waals surface area contributed by atoms with E-state index >= 15 is 0 Å². The van der Waals surface area contributed by atoms with Crippen molar-refractivity contribution in [3.8, 4) is 0 Å². The molecule has 0 aliphatic carbocycles. The number of benzene rings is 1. The summed E-state index contributed by atoms with van der Waals surface area (Å²) in [5, 5.41) is 7.16. The van der Waals surface area contributed by atoms with Crippen LogP contribution in [-0.4, -0.2) is 33.2 Å². The first-order valence-electron chi connectivity index (χ1n) is 9.22. The van der Waals surface area contributed by atoms with Crippen LogP contribution in [0.3, 0.4) is 0 Å². The molecule has 0 spiro atoms. The molecule has 1 fully saturated rings. The summed E-state index contributed by atoms with van der Waals surface area (Å²) in [5.41, 5.74) is 3.27. The Hall–Kier alpha value is -2.14. The van der Waals surface area contributed by atoms with Crippen molar-refractivity contribution in [1.29, 1.82) is 0 Å². The number of hydrogen-bond acceptors (Lipinski definition) is 3. The largest absolute Gasteiger partial charge is 0.326 e. The van der Waals surface area contributed by atoms with E-state index in [0.29, 0.717) is 19.0 Å². The van der Waals surface area contributed by atoms with Gasteiger partial charge in [0.15, 0.2) is 0 Å². The Morgan fingerprint density at radius 1 is 1.28 bits per heavy atom. The number of aryl methyl sites for hydroxylation is 2. The molecule has 5 nitrogen and oxygen atoms in total. The maximum Gasteiger partial charge on any atom is 0.226 e. The highest BCUT2D eigenvalue weighted by molar-refractivity contribution is 5.90. The number of aromatic nitrogens is 2. The highest BCUT2D eigenvalue weighted by Crippen LogP contribution is 2.20. The van der Waals surface area contributed by atoms with Crippen molar-refractivity contribution in [3.63, 3.8) is 0 Å². The maximum atomic E-state index is 12.1. The van der Waals surface area contributed by atoms with E-state index in [1.807, 2.05) is 25.3 Å². The van der Waals surface area contributed by atoms with E-state index in [1.165, 1.54) is 31.4 Å². The minimum Gasteiger partial charge on any atom is -0.326 e. The lowest BCUT2D eigenvalue weighted by Crippen LogP contribution is -2.36. The third-order valence-electron chi connectivity index (χ3n) is 4.89. The van der Waals surface area contributed by atoms with Gasteiger partial charge in [0, 0.05) is 37.4 Å². The number of piperidine rings is 1. The average Bonchev–Trinajstić information content (AvgIpc) is 3.02. The van der Waals surface area contributed by atoms with Crippen LogP contribution in [0.2, 0.25) is 0 Å². The summed E-state index contributed by atoms with van der Waals surface area (Å²) in [7, 11) is 0. The van der Waals surface area contributed by atoms with Crippen molar-refractivity contribution in [2.24, 2.45) is 0 Å². The number of nitrogens with one attached hydrogen (secondary N) is 1. The second kappa shape index (κ2) is 8.30. The highest BCUT2D eigenvalue weighted by Gasteiger charge is 2.17. The number of anilines is 1. The van der Waals surface area contributed by atoms with Crippen molar-refractivity contribution >= 4 is 11.6 Å². The van der Waals surface area contributed by atoms with Gasteiger partial charge in [-0.1, -0.05) is 18.6 Å². The van der Waals surface area contributed by atoms with Crippen LogP contribution in [0.4, 0.5) is 5.69 Å². The molecule has 1 aromatic carbocycles. The molecule has 0 bridgehead atoms. The quantitative estimate of drug-likeness (QED) is 0.874.